The lowest BCUT2D eigenvalue weighted by Gasteiger charge is -2.21. The average Bonchev–Trinajstić information content (AvgIpc) is 3.18. The van der Waals surface area contributed by atoms with Crippen LogP contribution in [0.5, 0.6) is 5.75 Å². The molecular weight excluding hydrogens is 465 g/mol. The van der Waals surface area contributed by atoms with Gasteiger partial charge in [0.1, 0.15) is 18.3 Å². The molecule has 1 aliphatic rings. The van der Waals surface area contributed by atoms with Crippen LogP contribution in [0.4, 0.5) is 0 Å². The first-order valence-corrected chi connectivity index (χ1v) is 12.5. The lowest BCUT2D eigenvalue weighted by Crippen LogP contribution is -2.33. The van der Waals surface area contributed by atoms with E-state index in [1.807, 2.05) is 6.92 Å². The van der Waals surface area contributed by atoms with Crippen molar-refractivity contribution < 1.29 is 27.9 Å². The van der Waals surface area contributed by atoms with Crippen molar-refractivity contribution in [2.45, 2.75) is 39.0 Å². The molecule has 1 aliphatic heterocycles. The van der Waals surface area contributed by atoms with Crippen LogP contribution in [0.25, 0.3) is 0 Å². The SMILES string of the molecule is CC1CC(COP(=O)(NCC=O)Oc2ccccc2)OC1n1ccc(=O)[nH]c1=O.CCCOC. The Morgan fingerprint density at radius 3 is 2.59 bits per heavy atom. The number of aldehydes is 1. The number of hydrogen-bond acceptors (Lipinski definition) is 8. The summed E-state index contributed by atoms with van der Waals surface area (Å²) in [7, 11) is -2.10. The van der Waals surface area contributed by atoms with Gasteiger partial charge in [0, 0.05) is 31.9 Å². The highest BCUT2D eigenvalue weighted by Crippen LogP contribution is 2.45. The molecular formula is C22H32N3O8P. The highest BCUT2D eigenvalue weighted by molar-refractivity contribution is 7.52. The molecule has 1 fully saturated rings. The van der Waals surface area contributed by atoms with Crippen molar-refractivity contribution in [3.8, 4) is 5.75 Å². The van der Waals surface area contributed by atoms with Gasteiger partial charge in [-0.2, -0.15) is 0 Å². The minimum atomic E-state index is -3.82. The Morgan fingerprint density at radius 2 is 2.00 bits per heavy atom. The number of rotatable bonds is 11. The Labute approximate surface area is 198 Å². The van der Waals surface area contributed by atoms with E-state index in [0.717, 1.165) is 13.0 Å². The van der Waals surface area contributed by atoms with E-state index in [1.165, 1.54) is 16.8 Å². The van der Waals surface area contributed by atoms with Crippen molar-refractivity contribution in [1.29, 1.82) is 0 Å². The van der Waals surface area contributed by atoms with Crippen LogP contribution in [-0.2, 0) is 23.4 Å². The molecule has 2 N–H and O–H groups in total. The molecule has 4 atom stereocenters. The Hall–Kier alpha value is -2.56. The first kappa shape index (κ1) is 27.7. The number of H-pyrrole nitrogens is 1. The quantitative estimate of drug-likeness (QED) is 0.354. The second-order valence-electron chi connectivity index (χ2n) is 7.60. The number of hydrogen-bond donors (Lipinski definition) is 2. The van der Waals surface area contributed by atoms with Crippen LogP contribution in [0.1, 0.15) is 32.9 Å². The Morgan fingerprint density at radius 1 is 1.26 bits per heavy atom. The number of aromatic nitrogens is 2. The maximum absolute atomic E-state index is 13.0. The lowest BCUT2D eigenvalue weighted by atomic mass is 10.1. The van der Waals surface area contributed by atoms with E-state index in [4.69, 9.17) is 18.5 Å². The monoisotopic (exact) mass is 497 g/mol. The molecule has 1 saturated heterocycles. The molecule has 4 unspecified atom stereocenters. The number of carbonyl (C=O) groups is 1. The van der Waals surface area contributed by atoms with Crippen molar-refractivity contribution in [2.24, 2.45) is 5.92 Å². The number of para-hydroxylation sites is 1. The fraction of sp³-hybridized carbons (Fsp3) is 0.500. The molecule has 2 aromatic rings. The number of carbonyl (C=O) groups excluding carboxylic acids is 1. The van der Waals surface area contributed by atoms with Crippen LogP contribution >= 0.6 is 7.75 Å². The summed E-state index contributed by atoms with van der Waals surface area (Å²) in [4.78, 5) is 36.1. The first-order chi connectivity index (χ1) is 16.3. The summed E-state index contributed by atoms with van der Waals surface area (Å²) in [6, 6.07) is 9.69. The van der Waals surface area contributed by atoms with Crippen LogP contribution in [-0.4, -0.2) is 48.8 Å². The molecule has 0 radical (unpaired) electrons. The van der Waals surface area contributed by atoms with E-state index in [1.54, 1.807) is 37.4 Å². The van der Waals surface area contributed by atoms with Gasteiger partial charge in [0.25, 0.3) is 5.56 Å². The summed E-state index contributed by atoms with van der Waals surface area (Å²) in [5.41, 5.74) is -1.06. The van der Waals surface area contributed by atoms with Crippen molar-refractivity contribution in [1.82, 2.24) is 14.6 Å². The zero-order chi connectivity index (χ0) is 25.0. The largest absolute Gasteiger partial charge is 0.459 e. The molecule has 11 nitrogen and oxygen atoms in total. The highest BCUT2D eigenvalue weighted by Gasteiger charge is 2.36. The van der Waals surface area contributed by atoms with Gasteiger partial charge in [0.15, 0.2) is 0 Å². The van der Waals surface area contributed by atoms with Crippen molar-refractivity contribution in [2.75, 3.05) is 26.9 Å². The summed E-state index contributed by atoms with van der Waals surface area (Å²) in [6.07, 6.45) is 2.54. The number of ether oxygens (including phenoxy) is 2. The molecule has 34 heavy (non-hydrogen) atoms. The minimum Gasteiger partial charge on any atom is -0.413 e. The normalized spacial score (nSPS) is 21.2. The number of benzene rings is 1. The number of nitrogens with one attached hydrogen (secondary N) is 2. The van der Waals surface area contributed by atoms with Crippen LogP contribution in [0, 0.1) is 5.92 Å². The maximum atomic E-state index is 13.0. The van der Waals surface area contributed by atoms with E-state index in [-0.39, 0.29) is 19.1 Å². The van der Waals surface area contributed by atoms with Crippen molar-refractivity contribution >= 4 is 14.0 Å². The van der Waals surface area contributed by atoms with E-state index in [2.05, 4.69) is 17.0 Å². The van der Waals surface area contributed by atoms with Gasteiger partial charge in [-0.05, 0) is 25.0 Å². The van der Waals surface area contributed by atoms with Gasteiger partial charge in [-0.1, -0.05) is 32.0 Å². The summed E-state index contributed by atoms with van der Waals surface area (Å²) < 4.78 is 35.8. The molecule has 1 aromatic carbocycles. The Balaban J connectivity index is 0.000000739. The van der Waals surface area contributed by atoms with Crippen LogP contribution in [0.15, 0.2) is 52.2 Å². The summed E-state index contributed by atoms with van der Waals surface area (Å²) >= 11 is 0. The predicted molar refractivity (Wildman–Crippen MR) is 126 cm³/mol. The minimum absolute atomic E-state index is 0.0513. The topological polar surface area (TPSA) is 138 Å². The van der Waals surface area contributed by atoms with Gasteiger partial charge in [-0.3, -0.25) is 18.9 Å². The molecule has 3 rings (SSSR count). The number of nitrogens with zero attached hydrogens (tertiary/aromatic N) is 1. The first-order valence-electron chi connectivity index (χ1n) is 11.0. The smallest absolute Gasteiger partial charge is 0.413 e. The molecule has 2 heterocycles. The zero-order valence-electron chi connectivity index (χ0n) is 19.5. The Kier molecular flexibility index (Phi) is 11.4. The predicted octanol–water partition coefficient (Wildman–Crippen LogP) is 2.50. The zero-order valence-corrected chi connectivity index (χ0v) is 20.4. The fourth-order valence-corrected chi connectivity index (χ4v) is 4.52. The van der Waals surface area contributed by atoms with E-state index in [0.29, 0.717) is 18.5 Å². The molecule has 1 aromatic heterocycles. The second-order valence-corrected chi connectivity index (χ2v) is 9.35. The molecule has 0 spiro atoms. The van der Waals surface area contributed by atoms with Gasteiger partial charge >= 0.3 is 13.4 Å². The molecule has 0 bridgehead atoms. The molecule has 0 amide bonds. The van der Waals surface area contributed by atoms with Gasteiger partial charge in [0.2, 0.25) is 0 Å². The third-order valence-electron chi connectivity index (χ3n) is 4.75. The van der Waals surface area contributed by atoms with E-state index >= 15 is 0 Å². The second kappa shape index (κ2) is 14.0. The summed E-state index contributed by atoms with van der Waals surface area (Å²) in [5.74, 6) is 0.275. The van der Waals surface area contributed by atoms with E-state index < -0.39 is 31.3 Å². The third kappa shape index (κ3) is 8.66. The Bertz CT molecular complexity index is 1040. The van der Waals surface area contributed by atoms with Crippen molar-refractivity contribution in [3.63, 3.8) is 0 Å². The molecule has 12 heteroatoms. The van der Waals surface area contributed by atoms with Crippen LogP contribution < -0.4 is 20.9 Å². The number of aromatic amines is 1. The number of methoxy groups -OCH3 is 1. The molecule has 0 saturated carbocycles. The molecule has 0 aliphatic carbocycles. The maximum Gasteiger partial charge on any atom is 0.459 e. The summed E-state index contributed by atoms with van der Waals surface area (Å²) in [6.45, 7) is 4.59. The van der Waals surface area contributed by atoms with Gasteiger partial charge in [-0.15, -0.1) is 0 Å². The fourth-order valence-electron chi connectivity index (χ4n) is 3.25. The van der Waals surface area contributed by atoms with Gasteiger partial charge in [-0.25, -0.2) is 14.4 Å². The summed E-state index contributed by atoms with van der Waals surface area (Å²) in [5, 5.41) is 2.48. The van der Waals surface area contributed by atoms with Gasteiger partial charge in [0.05, 0.1) is 19.3 Å². The average molecular weight is 497 g/mol. The van der Waals surface area contributed by atoms with Crippen LogP contribution in [0.2, 0.25) is 0 Å². The lowest BCUT2D eigenvalue weighted by molar-refractivity contribution is -0.107. The van der Waals surface area contributed by atoms with Crippen molar-refractivity contribution in [3.05, 3.63) is 63.4 Å². The highest BCUT2D eigenvalue weighted by atomic mass is 31.2. The van der Waals surface area contributed by atoms with Gasteiger partial charge < -0.3 is 18.8 Å². The molecule has 188 valence electrons. The third-order valence-corrected chi connectivity index (χ3v) is 6.26. The van der Waals surface area contributed by atoms with Crippen LogP contribution in [0.3, 0.4) is 0 Å². The standard InChI is InChI=1S/C18H22N3O7P.C4H10O/c1-13-11-15(27-17(13)21-9-7-16(23)20-18(21)24)12-26-29(25,19-8-10-22)28-14-5-3-2-4-6-14;1-3-4-5-2/h2-7,9-10,13,15,17H,8,11-12H2,1H3,(H,19,25)(H,20,23,24);3-4H2,1-2H3. The van der Waals surface area contributed by atoms with E-state index in [9.17, 15) is 18.9 Å².